The topological polar surface area (TPSA) is 79.9 Å². The Morgan fingerprint density at radius 3 is 2.52 bits per heavy atom. The smallest absolute Gasteiger partial charge is 0.261 e. The molecule has 4 rings (SSSR count). The zero-order chi connectivity index (χ0) is 29.6. The molecule has 0 radical (unpaired) electrons. The molecule has 3 aromatic rings. The first-order valence-corrected chi connectivity index (χ1v) is 15.3. The summed E-state index contributed by atoms with van der Waals surface area (Å²) in [5.41, 5.74) is 4.49. The molecule has 2 N–H and O–H groups in total. The normalized spacial score (nSPS) is 15.0. The Morgan fingerprint density at radius 1 is 0.976 bits per heavy atom. The molecule has 1 heterocycles. The number of amides is 2. The van der Waals surface area contributed by atoms with Gasteiger partial charge in [-0.15, -0.1) is 0 Å². The predicted octanol–water partition coefficient (Wildman–Crippen LogP) is 5.58. The van der Waals surface area contributed by atoms with Crippen molar-refractivity contribution < 1.29 is 19.1 Å². The molecule has 0 aliphatic carbocycles. The number of aryl methyl sites for hydroxylation is 2. The van der Waals surface area contributed by atoms with Crippen molar-refractivity contribution in [3.8, 4) is 11.5 Å². The van der Waals surface area contributed by atoms with E-state index in [1.165, 1.54) is 5.56 Å². The Bertz CT molecular complexity index is 1260. The van der Waals surface area contributed by atoms with Crippen LogP contribution in [0.2, 0.25) is 0 Å². The Balaban J connectivity index is 1.31. The Kier molecular flexibility index (Phi) is 12.3. The number of carbonyl (C=O) groups is 2. The summed E-state index contributed by atoms with van der Waals surface area (Å²) >= 11 is 0. The fourth-order valence-electron chi connectivity index (χ4n) is 5.20. The van der Waals surface area contributed by atoms with Gasteiger partial charge >= 0.3 is 0 Å². The van der Waals surface area contributed by atoms with E-state index in [1.807, 2.05) is 55.5 Å². The molecular weight excluding hydrogens is 526 g/mol. The second-order valence-corrected chi connectivity index (χ2v) is 11.0. The molecule has 0 unspecified atom stereocenters. The van der Waals surface area contributed by atoms with E-state index in [4.69, 9.17) is 9.47 Å². The zero-order valence-corrected chi connectivity index (χ0v) is 25.1. The number of rotatable bonds is 15. The maximum absolute atomic E-state index is 13.5. The maximum Gasteiger partial charge on any atom is 0.261 e. The van der Waals surface area contributed by atoms with Gasteiger partial charge in [0.15, 0.2) is 6.61 Å². The second-order valence-electron chi connectivity index (χ2n) is 11.0. The molecule has 224 valence electrons. The molecule has 1 atom stereocenters. The number of nitrogens with zero attached hydrogens (tertiary/aromatic N) is 1. The van der Waals surface area contributed by atoms with Gasteiger partial charge in [0.25, 0.3) is 5.91 Å². The van der Waals surface area contributed by atoms with E-state index in [0.717, 1.165) is 67.6 Å². The maximum atomic E-state index is 13.5. The van der Waals surface area contributed by atoms with Gasteiger partial charge in [-0.2, -0.15) is 0 Å². The van der Waals surface area contributed by atoms with Crippen LogP contribution in [0.15, 0.2) is 72.8 Å². The van der Waals surface area contributed by atoms with E-state index in [1.54, 1.807) is 4.90 Å². The van der Waals surface area contributed by atoms with Gasteiger partial charge in [0, 0.05) is 19.6 Å². The molecule has 1 aliphatic rings. The highest BCUT2D eigenvalue weighted by atomic mass is 16.5. The molecule has 1 aliphatic heterocycles. The summed E-state index contributed by atoms with van der Waals surface area (Å²) < 4.78 is 11.7. The predicted molar refractivity (Wildman–Crippen MR) is 167 cm³/mol. The highest BCUT2D eigenvalue weighted by Crippen LogP contribution is 2.23. The van der Waals surface area contributed by atoms with Gasteiger partial charge in [-0.05, 0) is 92.4 Å². The third-order valence-electron chi connectivity index (χ3n) is 7.53. The monoisotopic (exact) mass is 571 g/mol. The molecule has 7 heteroatoms. The number of nitrogens with one attached hydrogen (secondary N) is 2. The number of carbonyl (C=O) groups excluding carboxylic acids is 2. The van der Waals surface area contributed by atoms with Crippen molar-refractivity contribution in [2.45, 2.75) is 71.5 Å². The average molecular weight is 572 g/mol. The standard InChI is InChI=1S/C35H45N3O4/c1-3-22-41-33-19-16-30(23-27(33)2)25-38(32-13-7-8-21-37-35(32)40)34(39)26-42-31-17-14-29(15-18-31)24-36-20-9-12-28-10-5-4-6-11-28/h4-6,10-11,14-19,23,32,36H,3,7-9,12-13,20-22,24-26H2,1-2H3,(H,37,40)/t32-/m0/s1. The number of ether oxygens (including phenoxy) is 2. The fraction of sp³-hybridized carbons (Fsp3) is 0.429. The van der Waals surface area contributed by atoms with Gasteiger partial charge in [-0.3, -0.25) is 9.59 Å². The molecule has 0 spiro atoms. The number of benzene rings is 3. The Hall–Kier alpha value is -3.84. The molecule has 0 aromatic heterocycles. The van der Waals surface area contributed by atoms with E-state index in [0.29, 0.717) is 31.9 Å². The van der Waals surface area contributed by atoms with Crippen LogP contribution in [0.3, 0.4) is 0 Å². The van der Waals surface area contributed by atoms with Crippen LogP contribution in [0.4, 0.5) is 0 Å². The Morgan fingerprint density at radius 2 is 1.76 bits per heavy atom. The van der Waals surface area contributed by atoms with Crippen LogP contribution in [0.25, 0.3) is 0 Å². The van der Waals surface area contributed by atoms with Crippen LogP contribution >= 0.6 is 0 Å². The third-order valence-corrected chi connectivity index (χ3v) is 7.53. The van der Waals surface area contributed by atoms with Crippen molar-refractivity contribution in [2.75, 3.05) is 26.3 Å². The summed E-state index contributed by atoms with van der Waals surface area (Å²) in [6, 6.07) is 23.8. The fourth-order valence-corrected chi connectivity index (χ4v) is 5.20. The van der Waals surface area contributed by atoms with Crippen molar-refractivity contribution in [3.05, 3.63) is 95.1 Å². The molecular formula is C35H45N3O4. The summed E-state index contributed by atoms with van der Waals surface area (Å²) in [6.45, 7) is 7.32. The highest BCUT2D eigenvalue weighted by molar-refractivity contribution is 5.88. The van der Waals surface area contributed by atoms with Crippen molar-refractivity contribution in [1.82, 2.24) is 15.5 Å². The molecule has 0 bridgehead atoms. The molecule has 2 amide bonds. The van der Waals surface area contributed by atoms with Gasteiger partial charge in [-0.1, -0.05) is 61.5 Å². The highest BCUT2D eigenvalue weighted by Gasteiger charge is 2.31. The summed E-state index contributed by atoms with van der Waals surface area (Å²) in [5.74, 6) is 1.18. The van der Waals surface area contributed by atoms with E-state index in [-0.39, 0.29) is 18.4 Å². The zero-order valence-electron chi connectivity index (χ0n) is 25.1. The summed E-state index contributed by atoms with van der Waals surface area (Å²) in [4.78, 5) is 28.1. The Labute approximate surface area is 250 Å². The van der Waals surface area contributed by atoms with Gasteiger partial charge in [0.1, 0.15) is 17.5 Å². The van der Waals surface area contributed by atoms with Crippen LogP contribution in [0.5, 0.6) is 11.5 Å². The lowest BCUT2D eigenvalue weighted by Crippen LogP contribution is -2.49. The average Bonchev–Trinajstić information content (AvgIpc) is 3.23. The number of hydrogen-bond donors (Lipinski definition) is 2. The minimum Gasteiger partial charge on any atom is -0.493 e. The van der Waals surface area contributed by atoms with Crippen molar-refractivity contribution in [1.29, 1.82) is 0 Å². The van der Waals surface area contributed by atoms with Crippen LogP contribution < -0.4 is 20.1 Å². The third kappa shape index (κ3) is 9.62. The minimum atomic E-state index is -0.518. The van der Waals surface area contributed by atoms with Crippen LogP contribution in [0, 0.1) is 6.92 Å². The molecule has 1 saturated heterocycles. The van der Waals surface area contributed by atoms with E-state index >= 15 is 0 Å². The van der Waals surface area contributed by atoms with Gasteiger partial charge in [0.05, 0.1) is 6.61 Å². The number of hydrogen-bond acceptors (Lipinski definition) is 5. The van der Waals surface area contributed by atoms with Crippen molar-refractivity contribution >= 4 is 11.8 Å². The lowest BCUT2D eigenvalue weighted by Gasteiger charge is -2.30. The van der Waals surface area contributed by atoms with Gasteiger partial charge in [0.2, 0.25) is 5.91 Å². The molecule has 1 fully saturated rings. The molecule has 0 saturated carbocycles. The first-order chi connectivity index (χ1) is 20.5. The molecule has 3 aromatic carbocycles. The van der Waals surface area contributed by atoms with Gasteiger partial charge < -0.3 is 25.0 Å². The summed E-state index contributed by atoms with van der Waals surface area (Å²) in [7, 11) is 0. The van der Waals surface area contributed by atoms with Crippen LogP contribution in [-0.2, 0) is 29.1 Å². The van der Waals surface area contributed by atoms with E-state index in [9.17, 15) is 9.59 Å². The second kappa shape index (κ2) is 16.6. The molecule has 7 nitrogen and oxygen atoms in total. The largest absolute Gasteiger partial charge is 0.493 e. The first-order valence-electron chi connectivity index (χ1n) is 15.3. The van der Waals surface area contributed by atoms with Crippen LogP contribution in [0.1, 0.15) is 61.3 Å². The molecule has 42 heavy (non-hydrogen) atoms. The van der Waals surface area contributed by atoms with E-state index < -0.39 is 6.04 Å². The van der Waals surface area contributed by atoms with E-state index in [2.05, 4.69) is 41.8 Å². The summed E-state index contributed by atoms with van der Waals surface area (Å²) in [6.07, 6.45) is 5.53. The minimum absolute atomic E-state index is 0.0962. The lowest BCUT2D eigenvalue weighted by atomic mass is 10.1. The van der Waals surface area contributed by atoms with Crippen molar-refractivity contribution in [3.63, 3.8) is 0 Å². The first kappa shape index (κ1) is 31.1. The van der Waals surface area contributed by atoms with Crippen molar-refractivity contribution in [2.24, 2.45) is 0 Å². The lowest BCUT2D eigenvalue weighted by molar-refractivity contribution is -0.142. The summed E-state index contributed by atoms with van der Waals surface area (Å²) in [5, 5.41) is 6.47. The van der Waals surface area contributed by atoms with Crippen LogP contribution in [-0.4, -0.2) is 49.1 Å². The SMILES string of the molecule is CCCOc1ccc(CN(C(=O)COc2ccc(CNCCCc3ccccc3)cc2)[C@H]2CCCCNC2=O)cc1C. The quantitative estimate of drug-likeness (QED) is 0.233. The van der Waals surface area contributed by atoms with Gasteiger partial charge in [-0.25, -0.2) is 0 Å².